The SMILES string of the molecule is CCOc1ccccc1C(CN)N(C)C1CCCC1. The second-order valence-electron chi connectivity index (χ2n) is 5.33. The standard InChI is InChI=1S/C16H26N2O/c1-3-19-16-11-7-6-10-14(16)15(12-17)18(2)13-8-4-5-9-13/h6-7,10-11,13,15H,3-5,8-9,12,17H2,1-2H3. The summed E-state index contributed by atoms with van der Waals surface area (Å²) in [6.45, 7) is 3.35. The minimum Gasteiger partial charge on any atom is -0.494 e. The van der Waals surface area contributed by atoms with Gasteiger partial charge >= 0.3 is 0 Å². The molecule has 19 heavy (non-hydrogen) atoms. The van der Waals surface area contributed by atoms with E-state index in [0.29, 0.717) is 19.2 Å². The van der Waals surface area contributed by atoms with Crippen LogP contribution in [0, 0.1) is 0 Å². The number of nitrogens with zero attached hydrogens (tertiary/aromatic N) is 1. The summed E-state index contributed by atoms with van der Waals surface area (Å²) in [5, 5.41) is 0. The molecule has 0 aromatic heterocycles. The van der Waals surface area contributed by atoms with Gasteiger partial charge in [-0.05, 0) is 32.9 Å². The monoisotopic (exact) mass is 262 g/mol. The molecule has 1 aliphatic carbocycles. The Bertz CT molecular complexity index is 388. The summed E-state index contributed by atoms with van der Waals surface area (Å²) < 4.78 is 5.75. The zero-order valence-electron chi connectivity index (χ0n) is 12.1. The van der Waals surface area contributed by atoms with E-state index < -0.39 is 0 Å². The third-order valence-corrected chi connectivity index (χ3v) is 4.19. The van der Waals surface area contributed by atoms with Crippen LogP contribution in [0.1, 0.15) is 44.2 Å². The van der Waals surface area contributed by atoms with Crippen molar-refractivity contribution in [2.24, 2.45) is 5.73 Å². The van der Waals surface area contributed by atoms with Gasteiger partial charge in [-0.25, -0.2) is 0 Å². The van der Waals surface area contributed by atoms with E-state index in [4.69, 9.17) is 10.5 Å². The van der Waals surface area contributed by atoms with Crippen molar-refractivity contribution in [3.05, 3.63) is 29.8 Å². The zero-order chi connectivity index (χ0) is 13.7. The third-order valence-electron chi connectivity index (χ3n) is 4.19. The van der Waals surface area contributed by atoms with Crippen LogP contribution in [0.25, 0.3) is 0 Å². The highest BCUT2D eigenvalue weighted by molar-refractivity contribution is 5.36. The summed E-state index contributed by atoms with van der Waals surface area (Å²) >= 11 is 0. The predicted octanol–water partition coefficient (Wildman–Crippen LogP) is 2.96. The van der Waals surface area contributed by atoms with Crippen molar-refractivity contribution >= 4 is 0 Å². The quantitative estimate of drug-likeness (QED) is 0.856. The maximum atomic E-state index is 6.04. The number of benzene rings is 1. The van der Waals surface area contributed by atoms with E-state index in [2.05, 4.69) is 24.1 Å². The van der Waals surface area contributed by atoms with E-state index in [1.165, 1.54) is 31.2 Å². The van der Waals surface area contributed by atoms with Gasteiger partial charge in [0.05, 0.1) is 12.6 Å². The number of para-hydroxylation sites is 1. The van der Waals surface area contributed by atoms with Crippen LogP contribution in [0.2, 0.25) is 0 Å². The van der Waals surface area contributed by atoms with Gasteiger partial charge in [0, 0.05) is 18.2 Å². The lowest BCUT2D eigenvalue weighted by molar-refractivity contribution is 0.175. The molecule has 1 unspecified atom stereocenters. The van der Waals surface area contributed by atoms with Gasteiger partial charge in [-0.2, -0.15) is 0 Å². The van der Waals surface area contributed by atoms with Gasteiger partial charge in [-0.1, -0.05) is 31.0 Å². The second kappa shape index (κ2) is 6.92. The average molecular weight is 262 g/mol. The van der Waals surface area contributed by atoms with Crippen LogP contribution < -0.4 is 10.5 Å². The summed E-state index contributed by atoms with van der Waals surface area (Å²) in [7, 11) is 2.20. The Kier molecular flexibility index (Phi) is 5.23. The molecule has 0 amide bonds. The Morgan fingerprint density at radius 1 is 1.32 bits per heavy atom. The first-order chi connectivity index (χ1) is 9.27. The van der Waals surface area contributed by atoms with Gasteiger partial charge in [0.15, 0.2) is 0 Å². The molecule has 0 saturated heterocycles. The normalized spacial score (nSPS) is 17.9. The average Bonchev–Trinajstić information content (AvgIpc) is 2.95. The summed E-state index contributed by atoms with van der Waals surface area (Å²) in [5.41, 5.74) is 7.26. The van der Waals surface area contributed by atoms with Crippen LogP contribution in [-0.2, 0) is 0 Å². The highest BCUT2D eigenvalue weighted by Gasteiger charge is 2.27. The first-order valence-corrected chi connectivity index (χ1v) is 7.41. The van der Waals surface area contributed by atoms with Crippen LogP contribution >= 0.6 is 0 Å². The fraction of sp³-hybridized carbons (Fsp3) is 0.625. The van der Waals surface area contributed by atoms with E-state index in [0.717, 1.165) is 5.75 Å². The maximum Gasteiger partial charge on any atom is 0.124 e. The van der Waals surface area contributed by atoms with E-state index in [1.54, 1.807) is 0 Å². The second-order valence-corrected chi connectivity index (χ2v) is 5.33. The number of likely N-dealkylation sites (N-methyl/N-ethyl adjacent to an activating group) is 1. The largest absolute Gasteiger partial charge is 0.494 e. The molecule has 1 saturated carbocycles. The van der Waals surface area contributed by atoms with Crippen LogP contribution in [0.3, 0.4) is 0 Å². The van der Waals surface area contributed by atoms with Crippen LogP contribution in [0.4, 0.5) is 0 Å². The molecular formula is C16H26N2O. The van der Waals surface area contributed by atoms with Crippen molar-refractivity contribution in [3.8, 4) is 5.75 Å². The maximum absolute atomic E-state index is 6.04. The molecule has 0 heterocycles. The molecule has 0 radical (unpaired) electrons. The molecule has 2 N–H and O–H groups in total. The van der Waals surface area contributed by atoms with Crippen molar-refractivity contribution in [3.63, 3.8) is 0 Å². The van der Waals surface area contributed by atoms with Gasteiger partial charge in [0.2, 0.25) is 0 Å². The summed E-state index contributed by atoms with van der Waals surface area (Å²) in [6.07, 6.45) is 5.28. The molecule has 2 rings (SSSR count). The Morgan fingerprint density at radius 2 is 2.00 bits per heavy atom. The van der Waals surface area contributed by atoms with Gasteiger partial charge in [0.1, 0.15) is 5.75 Å². The smallest absolute Gasteiger partial charge is 0.124 e. The molecule has 1 aromatic carbocycles. The topological polar surface area (TPSA) is 38.5 Å². The van der Waals surface area contributed by atoms with Crippen molar-refractivity contribution in [1.29, 1.82) is 0 Å². The summed E-state index contributed by atoms with van der Waals surface area (Å²) in [4.78, 5) is 2.45. The molecule has 1 aromatic rings. The van der Waals surface area contributed by atoms with E-state index in [9.17, 15) is 0 Å². The van der Waals surface area contributed by atoms with Crippen molar-refractivity contribution < 1.29 is 4.74 Å². The first kappa shape index (κ1) is 14.4. The predicted molar refractivity (Wildman–Crippen MR) is 79.4 cm³/mol. The number of hydrogen-bond donors (Lipinski definition) is 1. The number of hydrogen-bond acceptors (Lipinski definition) is 3. The van der Waals surface area contributed by atoms with Crippen LogP contribution in [0.15, 0.2) is 24.3 Å². The van der Waals surface area contributed by atoms with Crippen molar-refractivity contribution in [2.45, 2.75) is 44.7 Å². The van der Waals surface area contributed by atoms with E-state index in [-0.39, 0.29) is 6.04 Å². The fourth-order valence-electron chi connectivity index (χ4n) is 3.12. The van der Waals surface area contributed by atoms with Crippen LogP contribution in [-0.4, -0.2) is 31.1 Å². The highest BCUT2D eigenvalue weighted by atomic mass is 16.5. The minimum atomic E-state index is 0.255. The first-order valence-electron chi connectivity index (χ1n) is 7.41. The Labute approximate surface area is 116 Å². The molecule has 1 atom stereocenters. The minimum absolute atomic E-state index is 0.255. The van der Waals surface area contributed by atoms with Crippen LogP contribution in [0.5, 0.6) is 5.75 Å². The van der Waals surface area contributed by atoms with Gasteiger partial charge in [-0.15, -0.1) is 0 Å². The number of nitrogens with two attached hydrogens (primary N) is 1. The lowest BCUT2D eigenvalue weighted by Gasteiger charge is -2.33. The highest BCUT2D eigenvalue weighted by Crippen LogP contribution is 2.33. The number of rotatable bonds is 6. The lowest BCUT2D eigenvalue weighted by atomic mass is 10.0. The molecule has 0 bridgehead atoms. The molecule has 106 valence electrons. The third kappa shape index (κ3) is 3.28. The van der Waals surface area contributed by atoms with E-state index in [1.807, 2.05) is 19.1 Å². The lowest BCUT2D eigenvalue weighted by Crippen LogP contribution is -2.37. The Balaban J connectivity index is 2.20. The molecule has 0 spiro atoms. The molecular weight excluding hydrogens is 236 g/mol. The molecule has 1 fully saturated rings. The van der Waals surface area contributed by atoms with Crippen molar-refractivity contribution in [1.82, 2.24) is 4.90 Å². The molecule has 1 aliphatic rings. The summed E-state index contributed by atoms with van der Waals surface area (Å²) in [6, 6.07) is 9.22. The molecule has 3 nitrogen and oxygen atoms in total. The Morgan fingerprint density at radius 3 is 2.63 bits per heavy atom. The molecule has 3 heteroatoms. The summed E-state index contributed by atoms with van der Waals surface area (Å²) in [5.74, 6) is 0.977. The van der Waals surface area contributed by atoms with E-state index >= 15 is 0 Å². The van der Waals surface area contributed by atoms with Gasteiger partial charge in [0.25, 0.3) is 0 Å². The molecule has 0 aliphatic heterocycles. The zero-order valence-corrected chi connectivity index (χ0v) is 12.1. The Hall–Kier alpha value is -1.06. The van der Waals surface area contributed by atoms with Crippen molar-refractivity contribution in [2.75, 3.05) is 20.2 Å². The van der Waals surface area contributed by atoms with Gasteiger partial charge in [-0.3, -0.25) is 4.90 Å². The van der Waals surface area contributed by atoms with Gasteiger partial charge < -0.3 is 10.5 Å². The number of ether oxygens (including phenoxy) is 1. The fourth-order valence-corrected chi connectivity index (χ4v) is 3.12.